The third kappa shape index (κ3) is 3.04. The summed E-state index contributed by atoms with van der Waals surface area (Å²) in [6.07, 6.45) is 0.179. The molecule has 0 amide bonds. The number of hydrogen-bond donors (Lipinski definition) is 2. The van der Waals surface area contributed by atoms with Gasteiger partial charge in [0.15, 0.2) is 0 Å². The van der Waals surface area contributed by atoms with Crippen LogP contribution in [0.25, 0.3) is 0 Å². The van der Waals surface area contributed by atoms with E-state index in [9.17, 15) is 4.57 Å². The van der Waals surface area contributed by atoms with Crippen molar-refractivity contribution in [3.63, 3.8) is 0 Å². The first-order valence-corrected chi connectivity index (χ1v) is 5.68. The molecule has 80 valence electrons. The van der Waals surface area contributed by atoms with Crippen LogP contribution in [0.3, 0.4) is 0 Å². The molecular formula is C7H18NO4P. The molecule has 0 aliphatic heterocycles. The first kappa shape index (κ1) is 13.1. The zero-order chi connectivity index (χ0) is 10.5. The minimum absolute atomic E-state index is 0.145. The average molecular weight is 211 g/mol. The molecule has 0 heterocycles. The number of aliphatic hydroxyl groups is 1. The van der Waals surface area contributed by atoms with E-state index in [2.05, 4.69) is 0 Å². The average Bonchev–Trinajstić information content (AvgIpc) is 2.04. The number of aliphatic hydroxyl groups excluding tert-OH is 1. The predicted octanol–water partition coefficient (Wildman–Crippen LogP) is 0.920. The summed E-state index contributed by atoms with van der Waals surface area (Å²) < 4.78 is 21.7. The zero-order valence-electron chi connectivity index (χ0n) is 8.32. The van der Waals surface area contributed by atoms with Crippen LogP contribution < -0.4 is 5.73 Å². The molecule has 3 N–H and O–H groups in total. The van der Waals surface area contributed by atoms with Crippen molar-refractivity contribution >= 4 is 7.60 Å². The van der Waals surface area contributed by atoms with E-state index in [-0.39, 0.29) is 19.6 Å². The molecular weight excluding hydrogens is 193 g/mol. The summed E-state index contributed by atoms with van der Waals surface area (Å²) in [5.41, 5.74) is 5.73. The van der Waals surface area contributed by atoms with E-state index in [1.165, 1.54) is 7.11 Å². The van der Waals surface area contributed by atoms with Crippen LogP contribution in [-0.4, -0.2) is 30.7 Å². The number of nitrogens with two attached hydrogens (primary N) is 1. The lowest BCUT2D eigenvalue weighted by Gasteiger charge is -2.30. The maximum absolute atomic E-state index is 11.9. The lowest BCUT2D eigenvalue weighted by atomic mass is 10.2. The van der Waals surface area contributed by atoms with Crippen LogP contribution in [0.5, 0.6) is 0 Å². The van der Waals surface area contributed by atoms with E-state index in [0.717, 1.165) is 0 Å². The molecule has 6 heteroatoms. The Kier molecular flexibility index (Phi) is 5.10. The van der Waals surface area contributed by atoms with Gasteiger partial charge in [0.2, 0.25) is 0 Å². The minimum atomic E-state index is -3.30. The van der Waals surface area contributed by atoms with Crippen molar-refractivity contribution in [2.24, 2.45) is 5.73 Å². The molecule has 2 unspecified atom stereocenters. The van der Waals surface area contributed by atoms with Crippen molar-refractivity contribution in [1.29, 1.82) is 0 Å². The predicted molar refractivity (Wildman–Crippen MR) is 50.5 cm³/mol. The van der Waals surface area contributed by atoms with E-state index in [1.54, 1.807) is 13.8 Å². The van der Waals surface area contributed by atoms with Crippen molar-refractivity contribution in [3.05, 3.63) is 0 Å². The quantitative estimate of drug-likeness (QED) is 0.638. The Morgan fingerprint density at radius 3 is 2.46 bits per heavy atom. The molecule has 13 heavy (non-hydrogen) atoms. The van der Waals surface area contributed by atoms with Gasteiger partial charge in [-0.15, -0.1) is 0 Å². The molecule has 0 aliphatic rings. The van der Waals surface area contributed by atoms with Crippen LogP contribution in [0, 0.1) is 0 Å². The summed E-state index contributed by atoms with van der Waals surface area (Å²) in [6, 6.07) is 0. The second-order valence-corrected chi connectivity index (χ2v) is 5.57. The molecule has 0 saturated heterocycles. The van der Waals surface area contributed by atoms with Crippen LogP contribution in [0.2, 0.25) is 0 Å². The van der Waals surface area contributed by atoms with Gasteiger partial charge in [-0.25, -0.2) is 0 Å². The van der Waals surface area contributed by atoms with Gasteiger partial charge in [0.1, 0.15) is 5.28 Å². The summed E-state index contributed by atoms with van der Waals surface area (Å²) in [5, 5.41) is 7.58. The molecule has 0 rings (SSSR count). The fourth-order valence-electron chi connectivity index (χ4n) is 0.942. The van der Waals surface area contributed by atoms with Crippen molar-refractivity contribution in [2.45, 2.75) is 25.5 Å². The number of rotatable bonds is 6. The highest BCUT2D eigenvalue weighted by molar-refractivity contribution is 7.55. The van der Waals surface area contributed by atoms with Gasteiger partial charge in [0, 0.05) is 13.7 Å². The third-order valence-corrected chi connectivity index (χ3v) is 4.34. The zero-order valence-corrected chi connectivity index (χ0v) is 9.21. The first-order valence-electron chi connectivity index (χ1n) is 4.13. The topological polar surface area (TPSA) is 81.8 Å². The lowest BCUT2D eigenvalue weighted by molar-refractivity contribution is 0.201. The van der Waals surface area contributed by atoms with Crippen molar-refractivity contribution in [1.82, 2.24) is 0 Å². The minimum Gasteiger partial charge on any atom is -0.396 e. The summed E-state index contributed by atoms with van der Waals surface area (Å²) in [5.74, 6) is 0. The Morgan fingerprint density at radius 1 is 1.62 bits per heavy atom. The second kappa shape index (κ2) is 5.08. The van der Waals surface area contributed by atoms with Gasteiger partial charge in [-0.3, -0.25) is 4.57 Å². The summed E-state index contributed by atoms with van der Waals surface area (Å²) in [4.78, 5) is 0. The molecule has 0 aliphatic carbocycles. The third-order valence-electron chi connectivity index (χ3n) is 1.78. The van der Waals surface area contributed by atoms with Crippen LogP contribution in [0.1, 0.15) is 20.3 Å². The second-order valence-electron chi connectivity index (χ2n) is 2.93. The van der Waals surface area contributed by atoms with Gasteiger partial charge in [0.25, 0.3) is 0 Å². The van der Waals surface area contributed by atoms with E-state index >= 15 is 0 Å². The van der Waals surface area contributed by atoms with Crippen LogP contribution in [-0.2, 0) is 13.6 Å². The molecule has 0 aromatic carbocycles. The van der Waals surface area contributed by atoms with Crippen molar-refractivity contribution < 1.29 is 18.7 Å². The van der Waals surface area contributed by atoms with Crippen LogP contribution in [0.4, 0.5) is 0 Å². The van der Waals surface area contributed by atoms with E-state index in [0.29, 0.717) is 0 Å². The van der Waals surface area contributed by atoms with Gasteiger partial charge >= 0.3 is 7.60 Å². The molecule has 0 aromatic rings. The summed E-state index contributed by atoms with van der Waals surface area (Å²) in [7, 11) is -2.01. The van der Waals surface area contributed by atoms with Gasteiger partial charge < -0.3 is 19.9 Å². The fraction of sp³-hybridized carbons (Fsp3) is 1.00. The molecule has 0 aromatic heterocycles. The standard InChI is InChI=1S/C7H18NO4P/c1-4-12-13(10,11-3)7(2,8)5-6-9/h9H,4-6,8H2,1-3H3. The highest BCUT2D eigenvalue weighted by Crippen LogP contribution is 2.57. The lowest BCUT2D eigenvalue weighted by Crippen LogP contribution is -2.38. The molecule has 0 fully saturated rings. The van der Waals surface area contributed by atoms with E-state index < -0.39 is 12.9 Å². The molecule has 2 atom stereocenters. The Balaban J connectivity index is 4.62. The maximum atomic E-state index is 11.9. The van der Waals surface area contributed by atoms with Crippen molar-refractivity contribution in [2.75, 3.05) is 20.3 Å². The smallest absolute Gasteiger partial charge is 0.349 e. The Bertz CT molecular complexity index is 195. The monoisotopic (exact) mass is 211 g/mol. The molecule has 0 spiro atoms. The molecule has 5 nitrogen and oxygen atoms in total. The van der Waals surface area contributed by atoms with E-state index in [4.69, 9.17) is 19.9 Å². The van der Waals surface area contributed by atoms with E-state index in [1.807, 2.05) is 0 Å². The Labute approximate surface area is 78.8 Å². The molecule has 0 radical (unpaired) electrons. The highest BCUT2D eigenvalue weighted by atomic mass is 31.2. The van der Waals surface area contributed by atoms with Crippen LogP contribution in [0.15, 0.2) is 0 Å². The Morgan fingerprint density at radius 2 is 2.15 bits per heavy atom. The molecule has 0 bridgehead atoms. The van der Waals surface area contributed by atoms with Gasteiger partial charge in [-0.1, -0.05) is 0 Å². The maximum Gasteiger partial charge on any atom is 0.349 e. The summed E-state index contributed by atoms with van der Waals surface area (Å²) in [6.45, 7) is 3.38. The highest BCUT2D eigenvalue weighted by Gasteiger charge is 2.42. The first-order chi connectivity index (χ1) is 5.93. The van der Waals surface area contributed by atoms with Gasteiger partial charge in [-0.2, -0.15) is 0 Å². The van der Waals surface area contributed by atoms with Gasteiger partial charge in [0.05, 0.1) is 6.61 Å². The SMILES string of the molecule is CCOP(=O)(OC)C(C)(N)CCO. The van der Waals surface area contributed by atoms with Gasteiger partial charge in [-0.05, 0) is 20.3 Å². The normalized spacial score (nSPS) is 20.7. The van der Waals surface area contributed by atoms with Crippen LogP contribution >= 0.6 is 7.60 Å². The molecule has 0 saturated carbocycles. The largest absolute Gasteiger partial charge is 0.396 e. The fourth-order valence-corrected chi connectivity index (χ4v) is 2.47. The van der Waals surface area contributed by atoms with Crippen molar-refractivity contribution in [3.8, 4) is 0 Å². The Hall–Kier alpha value is 0.0700. The summed E-state index contributed by atoms with van der Waals surface area (Å²) >= 11 is 0. The number of hydrogen-bond acceptors (Lipinski definition) is 5.